The van der Waals surface area contributed by atoms with Gasteiger partial charge in [-0.1, -0.05) is 24.2 Å². The topological polar surface area (TPSA) is 40.7 Å². The summed E-state index contributed by atoms with van der Waals surface area (Å²) in [4.78, 5) is 0. The minimum absolute atomic E-state index is 0.740. The van der Waals surface area contributed by atoms with Gasteiger partial charge in [0.25, 0.3) is 0 Å². The molecule has 0 unspecified atom stereocenters. The van der Waals surface area contributed by atoms with E-state index in [1.807, 2.05) is 0 Å². The van der Waals surface area contributed by atoms with Gasteiger partial charge in [0.1, 0.15) is 0 Å². The van der Waals surface area contributed by atoms with Crippen LogP contribution in [0.5, 0.6) is 0 Å². The molecule has 1 fully saturated rings. The third-order valence-electron chi connectivity index (χ3n) is 2.20. The molecule has 5 heteroatoms. The molecule has 1 aliphatic rings. The van der Waals surface area contributed by atoms with Crippen molar-refractivity contribution in [2.45, 2.75) is 25.7 Å². The highest BCUT2D eigenvalue weighted by Crippen LogP contribution is 2.33. The Labute approximate surface area is 86.6 Å². The van der Waals surface area contributed by atoms with E-state index in [-0.39, 0.29) is 0 Å². The first-order valence-electron chi connectivity index (χ1n) is 4.64. The molecule has 2 N–H and O–H groups in total. The van der Waals surface area contributed by atoms with Gasteiger partial charge in [0.15, 0.2) is 3.95 Å². The molecule has 0 spiro atoms. The van der Waals surface area contributed by atoms with E-state index in [2.05, 4.69) is 15.5 Å². The summed E-state index contributed by atoms with van der Waals surface area (Å²) >= 11 is 6.42. The molecule has 2 rings (SSSR count). The van der Waals surface area contributed by atoms with Crippen LogP contribution < -0.4 is 5.32 Å². The molecule has 1 heterocycles. The zero-order valence-electron chi connectivity index (χ0n) is 7.38. The quantitative estimate of drug-likeness (QED) is 0.586. The third kappa shape index (κ3) is 3.08. The number of H-pyrrole nitrogens is 1. The first kappa shape index (κ1) is 9.15. The van der Waals surface area contributed by atoms with Crippen LogP contribution in [0.3, 0.4) is 0 Å². The van der Waals surface area contributed by atoms with Crippen molar-refractivity contribution >= 4 is 28.7 Å². The van der Waals surface area contributed by atoms with Crippen molar-refractivity contribution in [1.29, 1.82) is 0 Å². The maximum atomic E-state index is 4.92. The van der Waals surface area contributed by atoms with Gasteiger partial charge in [-0.2, -0.15) is 0 Å². The summed E-state index contributed by atoms with van der Waals surface area (Å²) in [5.74, 6) is 1.03. The van der Waals surface area contributed by atoms with Gasteiger partial charge < -0.3 is 5.32 Å². The largest absolute Gasteiger partial charge is 0.360 e. The van der Waals surface area contributed by atoms with Crippen LogP contribution in [0.4, 0.5) is 5.13 Å². The molecule has 1 saturated carbocycles. The van der Waals surface area contributed by atoms with Gasteiger partial charge in [-0.3, -0.25) is 5.10 Å². The number of aromatic amines is 1. The average molecular weight is 215 g/mol. The van der Waals surface area contributed by atoms with Crippen molar-refractivity contribution in [3.05, 3.63) is 3.95 Å². The van der Waals surface area contributed by atoms with Crippen molar-refractivity contribution in [3.63, 3.8) is 0 Å². The molecular weight excluding hydrogens is 202 g/mol. The van der Waals surface area contributed by atoms with E-state index >= 15 is 0 Å². The molecule has 72 valence electrons. The number of hydrogen-bond donors (Lipinski definition) is 2. The van der Waals surface area contributed by atoms with Crippen LogP contribution in [0.1, 0.15) is 25.7 Å². The predicted octanol–water partition coefficient (Wildman–Crippen LogP) is 2.80. The van der Waals surface area contributed by atoms with Crippen LogP contribution in [0.2, 0.25) is 0 Å². The lowest BCUT2D eigenvalue weighted by Crippen LogP contribution is -2.01. The van der Waals surface area contributed by atoms with E-state index in [1.54, 1.807) is 0 Å². The Morgan fingerprint density at radius 1 is 1.62 bits per heavy atom. The summed E-state index contributed by atoms with van der Waals surface area (Å²) in [6, 6.07) is 0. The summed E-state index contributed by atoms with van der Waals surface area (Å²) in [6.07, 6.45) is 5.50. The van der Waals surface area contributed by atoms with Crippen molar-refractivity contribution in [2.75, 3.05) is 11.9 Å². The number of nitrogens with one attached hydrogen (secondary N) is 2. The van der Waals surface area contributed by atoms with E-state index in [0.29, 0.717) is 0 Å². The van der Waals surface area contributed by atoms with Crippen LogP contribution in [0, 0.1) is 9.87 Å². The monoisotopic (exact) mass is 215 g/mol. The van der Waals surface area contributed by atoms with E-state index in [0.717, 1.165) is 21.5 Å². The minimum atomic E-state index is 0.740. The second kappa shape index (κ2) is 4.19. The van der Waals surface area contributed by atoms with Crippen molar-refractivity contribution < 1.29 is 0 Å². The second-order valence-electron chi connectivity index (χ2n) is 3.43. The van der Waals surface area contributed by atoms with Gasteiger partial charge in [0.2, 0.25) is 5.13 Å². The SMILES string of the molecule is S=c1[nH]nc(NCCCC2CC2)s1. The lowest BCUT2D eigenvalue weighted by molar-refractivity contribution is 0.687. The molecule has 1 aliphatic carbocycles. The van der Waals surface area contributed by atoms with E-state index < -0.39 is 0 Å². The molecule has 0 atom stereocenters. The molecule has 0 aliphatic heterocycles. The van der Waals surface area contributed by atoms with Crippen LogP contribution in [-0.4, -0.2) is 16.7 Å². The van der Waals surface area contributed by atoms with Crippen molar-refractivity contribution in [1.82, 2.24) is 10.2 Å². The normalized spacial score (nSPS) is 16.0. The predicted molar refractivity (Wildman–Crippen MR) is 57.7 cm³/mol. The summed E-state index contributed by atoms with van der Waals surface area (Å²) in [5.41, 5.74) is 0. The van der Waals surface area contributed by atoms with E-state index in [1.165, 1.54) is 37.0 Å². The minimum Gasteiger partial charge on any atom is -0.360 e. The standard InChI is InChI=1S/C8H13N3S2/c12-8-11-10-7(13-8)9-5-1-2-6-3-4-6/h6H,1-5H2,(H,9,10)(H,11,12). The fourth-order valence-electron chi connectivity index (χ4n) is 1.30. The van der Waals surface area contributed by atoms with Crippen LogP contribution in [-0.2, 0) is 0 Å². The van der Waals surface area contributed by atoms with Crippen molar-refractivity contribution in [3.8, 4) is 0 Å². The second-order valence-corrected chi connectivity index (χ2v) is 5.10. The lowest BCUT2D eigenvalue weighted by atomic mass is 10.2. The van der Waals surface area contributed by atoms with Crippen molar-refractivity contribution in [2.24, 2.45) is 5.92 Å². The Kier molecular flexibility index (Phi) is 2.95. The highest BCUT2D eigenvalue weighted by Gasteiger charge is 2.19. The van der Waals surface area contributed by atoms with Gasteiger partial charge >= 0.3 is 0 Å². The van der Waals surface area contributed by atoms with Gasteiger partial charge in [0.05, 0.1) is 0 Å². The molecule has 13 heavy (non-hydrogen) atoms. The first-order chi connectivity index (χ1) is 6.34. The molecule has 0 aromatic carbocycles. The smallest absolute Gasteiger partial charge is 0.204 e. The molecule has 0 bridgehead atoms. The molecule has 0 radical (unpaired) electrons. The Hall–Kier alpha value is -0.420. The maximum Gasteiger partial charge on any atom is 0.204 e. The van der Waals surface area contributed by atoms with Gasteiger partial charge in [-0.05, 0) is 31.0 Å². The van der Waals surface area contributed by atoms with E-state index in [4.69, 9.17) is 12.2 Å². The molecule has 0 amide bonds. The zero-order chi connectivity index (χ0) is 9.10. The fourth-order valence-corrected chi connectivity index (χ4v) is 2.11. The third-order valence-corrected chi connectivity index (χ3v) is 3.25. The number of anilines is 1. The Balaban J connectivity index is 1.64. The summed E-state index contributed by atoms with van der Waals surface area (Å²) in [5, 5.41) is 11.0. The Morgan fingerprint density at radius 2 is 2.46 bits per heavy atom. The first-order valence-corrected chi connectivity index (χ1v) is 5.86. The summed E-state index contributed by atoms with van der Waals surface area (Å²) in [6.45, 7) is 1.02. The Bertz CT molecular complexity index is 313. The number of aromatic nitrogens is 2. The molecule has 3 nitrogen and oxygen atoms in total. The van der Waals surface area contributed by atoms with Crippen LogP contribution in [0.25, 0.3) is 0 Å². The molecule has 1 aromatic heterocycles. The van der Waals surface area contributed by atoms with Crippen LogP contribution in [0.15, 0.2) is 0 Å². The van der Waals surface area contributed by atoms with Gasteiger partial charge in [0, 0.05) is 6.54 Å². The highest BCUT2D eigenvalue weighted by molar-refractivity contribution is 7.73. The lowest BCUT2D eigenvalue weighted by Gasteiger charge is -1.99. The number of hydrogen-bond acceptors (Lipinski definition) is 4. The number of nitrogens with zero attached hydrogens (tertiary/aromatic N) is 1. The number of rotatable bonds is 5. The molecular formula is C8H13N3S2. The average Bonchev–Trinajstić information content (AvgIpc) is 2.84. The van der Waals surface area contributed by atoms with E-state index in [9.17, 15) is 0 Å². The zero-order valence-corrected chi connectivity index (χ0v) is 9.01. The van der Waals surface area contributed by atoms with Gasteiger partial charge in [-0.15, -0.1) is 5.10 Å². The molecule has 1 aromatic rings. The summed E-state index contributed by atoms with van der Waals surface area (Å²) in [7, 11) is 0. The van der Waals surface area contributed by atoms with Crippen LogP contribution >= 0.6 is 23.6 Å². The molecule has 0 saturated heterocycles. The highest BCUT2D eigenvalue weighted by atomic mass is 32.1. The maximum absolute atomic E-state index is 4.92. The Morgan fingerprint density at radius 3 is 3.08 bits per heavy atom. The summed E-state index contributed by atoms with van der Waals surface area (Å²) < 4.78 is 0.740. The van der Waals surface area contributed by atoms with Gasteiger partial charge in [-0.25, -0.2) is 0 Å². The fraction of sp³-hybridized carbons (Fsp3) is 0.750.